The standard InChI is InChI=1S/C48H91NO5/c1-5-9-13-17-19-23-34-44(32-21-15-11-7-3)47(51)53-41-29-25-31-43-37-39-49(38-27-28-40-50)46(43)36-26-30-42-54-48(52)45(33-22-16-12-8-4)35-24-20-18-14-10-6-2/h7,43-46,50H,3,5-6,8-42H2,1-2,4H3. The predicted octanol–water partition coefficient (Wildman–Crippen LogP) is 13.3. The summed E-state index contributed by atoms with van der Waals surface area (Å²) in [6.07, 6.45) is 38.4. The van der Waals surface area contributed by atoms with Crippen LogP contribution in [-0.4, -0.2) is 60.9 Å². The molecule has 1 N–H and O–H groups in total. The Balaban J connectivity index is 2.53. The fourth-order valence-corrected chi connectivity index (χ4v) is 8.59. The van der Waals surface area contributed by atoms with Crippen molar-refractivity contribution < 1.29 is 24.2 Å². The van der Waals surface area contributed by atoms with Crippen LogP contribution in [0.2, 0.25) is 0 Å². The molecule has 0 radical (unpaired) electrons. The molecule has 1 fully saturated rings. The first-order valence-corrected chi connectivity index (χ1v) is 23.8. The number of esters is 2. The lowest BCUT2D eigenvalue weighted by molar-refractivity contribution is -0.150. The molecular weight excluding hydrogens is 671 g/mol. The van der Waals surface area contributed by atoms with Gasteiger partial charge < -0.3 is 19.5 Å². The molecule has 0 aliphatic carbocycles. The van der Waals surface area contributed by atoms with E-state index in [2.05, 4.69) is 32.3 Å². The average Bonchev–Trinajstić information content (AvgIpc) is 3.56. The van der Waals surface area contributed by atoms with Crippen LogP contribution in [0.1, 0.15) is 226 Å². The Morgan fingerprint density at radius 3 is 1.57 bits per heavy atom. The van der Waals surface area contributed by atoms with Crippen LogP contribution in [0.3, 0.4) is 0 Å². The number of likely N-dealkylation sites (tertiary alicyclic amines) is 1. The lowest BCUT2D eigenvalue weighted by Gasteiger charge is -2.28. The van der Waals surface area contributed by atoms with Gasteiger partial charge in [-0.1, -0.05) is 136 Å². The van der Waals surface area contributed by atoms with Crippen LogP contribution in [0.5, 0.6) is 0 Å². The van der Waals surface area contributed by atoms with Gasteiger partial charge in [-0.3, -0.25) is 9.59 Å². The molecule has 0 spiro atoms. The molecule has 4 atom stereocenters. The van der Waals surface area contributed by atoms with E-state index in [9.17, 15) is 14.7 Å². The summed E-state index contributed by atoms with van der Waals surface area (Å²) in [5.74, 6) is 0.854. The van der Waals surface area contributed by atoms with E-state index in [0.717, 1.165) is 122 Å². The molecule has 6 nitrogen and oxygen atoms in total. The van der Waals surface area contributed by atoms with Gasteiger partial charge >= 0.3 is 11.9 Å². The van der Waals surface area contributed by atoms with Gasteiger partial charge in [0.2, 0.25) is 0 Å². The molecular formula is C48H91NO5. The number of carbonyl (C=O) groups is 2. The molecule has 54 heavy (non-hydrogen) atoms. The second-order valence-electron chi connectivity index (χ2n) is 16.8. The van der Waals surface area contributed by atoms with Crippen LogP contribution in [0.4, 0.5) is 0 Å². The van der Waals surface area contributed by atoms with Crippen molar-refractivity contribution in [2.24, 2.45) is 17.8 Å². The minimum Gasteiger partial charge on any atom is -0.465 e. The minimum absolute atomic E-state index is 0.0295. The lowest BCUT2D eigenvalue weighted by atomic mass is 9.90. The normalized spacial score (nSPS) is 17.1. The molecule has 6 heteroatoms. The van der Waals surface area contributed by atoms with Crippen molar-refractivity contribution in [1.29, 1.82) is 0 Å². The molecule has 0 aromatic rings. The van der Waals surface area contributed by atoms with Crippen molar-refractivity contribution in [1.82, 2.24) is 4.90 Å². The van der Waals surface area contributed by atoms with E-state index in [-0.39, 0.29) is 30.4 Å². The Labute approximate surface area is 335 Å². The van der Waals surface area contributed by atoms with E-state index < -0.39 is 0 Å². The topological polar surface area (TPSA) is 76.1 Å². The average molecular weight is 762 g/mol. The molecule has 318 valence electrons. The Bertz CT molecular complexity index is 864. The quantitative estimate of drug-likeness (QED) is 0.0381. The van der Waals surface area contributed by atoms with Crippen molar-refractivity contribution in [2.45, 2.75) is 232 Å². The van der Waals surface area contributed by atoms with E-state index in [1.807, 2.05) is 6.08 Å². The van der Waals surface area contributed by atoms with E-state index in [0.29, 0.717) is 25.2 Å². The highest BCUT2D eigenvalue weighted by molar-refractivity contribution is 5.72. The molecule has 1 rings (SSSR count). The molecule has 0 aromatic carbocycles. The Morgan fingerprint density at radius 1 is 0.611 bits per heavy atom. The van der Waals surface area contributed by atoms with Gasteiger partial charge in [0.25, 0.3) is 0 Å². The number of rotatable bonds is 40. The molecule has 1 saturated heterocycles. The van der Waals surface area contributed by atoms with Gasteiger partial charge in [-0.25, -0.2) is 0 Å². The summed E-state index contributed by atoms with van der Waals surface area (Å²) in [5.41, 5.74) is 0. The second-order valence-corrected chi connectivity index (χ2v) is 16.8. The zero-order chi connectivity index (χ0) is 39.3. The van der Waals surface area contributed by atoms with E-state index in [1.54, 1.807) is 0 Å². The number of carbonyl (C=O) groups excluding carboxylic acids is 2. The van der Waals surface area contributed by atoms with Gasteiger partial charge in [0.05, 0.1) is 25.0 Å². The summed E-state index contributed by atoms with van der Waals surface area (Å²) in [5, 5.41) is 9.39. The van der Waals surface area contributed by atoms with E-state index in [1.165, 1.54) is 96.3 Å². The highest BCUT2D eigenvalue weighted by Crippen LogP contribution is 2.32. The van der Waals surface area contributed by atoms with Crippen molar-refractivity contribution in [3.8, 4) is 0 Å². The van der Waals surface area contributed by atoms with Gasteiger partial charge in [-0.15, -0.1) is 6.58 Å². The minimum atomic E-state index is 0.0295. The van der Waals surface area contributed by atoms with Gasteiger partial charge in [0.1, 0.15) is 0 Å². The highest BCUT2D eigenvalue weighted by atomic mass is 16.5. The summed E-state index contributed by atoms with van der Waals surface area (Å²) >= 11 is 0. The molecule has 0 aromatic heterocycles. The van der Waals surface area contributed by atoms with E-state index >= 15 is 0 Å². The Morgan fingerprint density at radius 2 is 1.07 bits per heavy atom. The largest absolute Gasteiger partial charge is 0.465 e. The highest BCUT2D eigenvalue weighted by Gasteiger charge is 2.32. The van der Waals surface area contributed by atoms with Gasteiger partial charge in [0, 0.05) is 12.6 Å². The smallest absolute Gasteiger partial charge is 0.308 e. The van der Waals surface area contributed by atoms with Crippen LogP contribution < -0.4 is 0 Å². The van der Waals surface area contributed by atoms with Crippen LogP contribution in [0.15, 0.2) is 12.7 Å². The van der Waals surface area contributed by atoms with Gasteiger partial charge in [-0.2, -0.15) is 0 Å². The number of aliphatic hydroxyl groups excluding tert-OH is 1. The molecule has 0 amide bonds. The zero-order valence-electron chi connectivity index (χ0n) is 36.3. The Hall–Kier alpha value is -1.40. The maximum absolute atomic E-state index is 13.2. The number of ether oxygens (including phenoxy) is 2. The first-order chi connectivity index (χ1) is 26.5. The molecule has 1 aliphatic heterocycles. The van der Waals surface area contributed by atoms with Crippen LogP contribution in [0, 0.1) is 17.8 Å². The van der Waals surface area contributed by atoms with Crippen LogP contribution in [0.25, 0.3) is 0 Å². The maximum atomic E-state index is 13.2. The van der Waals surface area contributed by atoms with Crippen molar-refractivity contribution in [3.63, 3.8) is 0 Å². The second kappa shape index (κ2) is 37.2. The predicted molar refractivity (Wildman–Crippen MR) is 230 cm³/mol. The number of aliphatic hydroxyl groups is 1. The molecule has 1 aliphatic rings. The zero-order valence-corrected chi connectivity index (χ0v) is 36.3. The molecule has 1 heterocycles. The fourth-order valence-electron chi connectivity index (χ4n) is 8.59. The third-order valence-corrected chi connectivity index (χ3v) is 12.1. The lowest BCUT2D eigenvalue weighted by Crippen LogP contribution is -2.34. The van der Waals surface area contributed by atoms with Crippen molar-refractivity contribution >= 4 is 11.9 Å². The monoisotopic (exact) mass is 762 g/mol. The maximum Gasteiger partial charge on any atom is 0.308 e. The third kappa shape index (κ3) is 26.5. The van der Waals surface area contributed by atoms with Gasteiger partial charge in [0.15, 0.2) is 0 Å². The number of hydrogen-bond acceptors (Lipinski definition) is 6. The summed E-state index contributed by atoms with van der Waals surface area (Å²) < 4.78 is 11.8. The summed E-state index contributed by atoms with van der Waals surface area (Å²) in [4.78, 5) is 29.0. The summed E-state index contributed by atoms with van der Waals surface area (Å²) in [7, 11) is 0. The number of nitrogens with zero attached hydrogens (tertiary/aromatic N) is 1. The van der Waals surface area contributed by atoms with Gasteiger partial charge in [-0.05, 0) is 115 Å². The van der Waals surface area contributed by atoms with Crippen molar-refractivity contribution in [3.05, 3.63) is 12.7 Å². The summed E-state index contributed by atoms with van der Waals surface area (Å²) in [6.45, 7) is 14.1. The number of hydrogen-bond donors (Lipinski definition) is 1. The number of allylic oxidation sites excluding steroid dienone is 1. The molecule has 0 saturated carbocycles. The third-order valence-electron chi connectivity index (χ3n) is 12.1. The fraction of sp³-hybridized carbons (Fsp3) is 0.917. The van der Waals surface area contributed by atoms with Crippen LogP contribution in [-0.2, 0) is 19.1 Å². The molecule has 0 bridgehead atoms. The first-order valence-electron chi connectivity index (χ1n) is 23.8. The Kier molecular flexibility index (Phi) is 34.9. The first kappa shape index (κ1) is 50.6. The van der Waals surface area contributed by atoms with Crippen LogP contribution >= 0.6 is 0 Å². The number of unbranched alkanes of at least 4 members (excludes halogenated alkanes) is 18. The SMILES string of the molecule is C=CCCCCC(CCCCCCCC)C(=O)OCCCCC1CCN(CCCCO)C1CCCCOC(=O)C(CCCCCC)CCCCCCCC. The molecule has 4 unspecified atom stereocenters. The van der Waals surface area contributed by atoms with E-state index in [4.69, 9.17) is 9.47 Å². The van der Waals surface area contributed by atoms with Crippen molar-refractivity contribution in [2.75, 3.05) is 32.9 Å². The summed E-state index contributed by atoms with van der Waals surface area (Å²) in [6, 6.07) is 0.554.